The van der Waals surface area contributed by atoms with E-state index in [-0.39, 0.29) is 12.1 Å². The molecule has 0 radical (unpaired) electrons. The number of nitrogens with one attached hydrogen (secondary N) is 1. The molecule has 2 aromatic rings. The van der Waals surface area contributed by atoms with Crippen LogP contribution in [-0.4, -0.2) is 40.7 Å². The fraction of sp³-hybridized carbons (Fsp3) is 0.500. The van der Waals surface area contributed by atoms with Gasteiger partial charge in [0.05, 0.1) is 0 Å². The van der Waals surface area contributed by atoms with E-state index in [4.69, 9.17) is 4.74 Å². The molecule has 1 N–H and O–H groups in total. The largest absolute Gasteiger partial charge is 0.444 e. The Morgan fingerprint density at radius 3 is 2.88 bits per heavy atom. The topological polar surface area (TPSA) is 54.5 Å². The highest BCUT2D eigenvalue weighted by Gasteiger charge is 2.28. The second-order valence-corrected chi connectivity index (χ2v) is 7.74. The summed E-state index contributed by atoms with van der Waals surface area (Å²) in [6.07, 6.45) is 3.57. The molecule has 1 aliphatic rings. The zero-order valence-corrected chi connectivity index (χ0v) is 15.5. The third-order valence-corrected chi connectivity index (χ3v) is 4.41. The lowest BCUT2D eigenvalue weighted by molar-refractivity contribution is 0.0206. The third kappa shape index (κ3) is 4.21. The van der Waals surface area contributed by atoms with E-state index in [0.717, 1.165) is 30.6 Å². The van der Waals surface area contributed by atoms with Crippen molar-refractivity contribution in [1.29, 1.82) is 0 Å². The highest BCUT2D eigenvalue weighted by molar-refractivity contribution is 5.94. The number of benzene rings is 1. The molecule has 5 heteroatoms. The molecule has 1 unspecified atom stereocenters. The van der Waals surface area contributed by atoms with Gasteiger partial charge in [-0.05, 0) is 57.6 Å². The highest BCUT2D eigenvalue weighted by atomic mass is 16.6. The lowest BCUT2D eigenvalue weighted by atomic mass is 10.0. The zero-order chi connectivity index (χ0) is 18.0. The number of fused-ring (bicyclic) bond motifs is 1. The minimum atomic E-state index is -0.467. The summed E-state index contributed by atoms with van der Waals surface area (Å²) in [5.41, 5.74) is 0.735. The molecule has 1 atom stereocenters. The molecule has 1 saturated heterocycles. The minimum Gasteiger partial charge on any atom is -0.444 e. The normalized spacial score (nSPS) is 18.2. The Bertz CT molecular complexity index is 762. The third-order valence-electron chi connectivity index (χ3n) is 4.41. The number of piperidine rings is 1. The van der Waals surface area contributed by atoms with Gasteiger partial charge < -0.3 is 15.0 Å². The van der Waals surface area contributed by atoms with Crippen LogP contribution < -0.4 is 5.32 Å². The Labute approximate surface area is 149 Å². The van der Waals surface area contributed by atoms with Gasteiger partial charge in [-0.2, -0.15) is 0 Å². The number of aromatic nitrogens is 1. The van der Waals surface area contributed by atoms with Gasteiger partial charge in [0, 0.05) is 30.7 Å². The molecule has 0 bridgehead atoms. The molecule has 134 valence electrons. The number of anilines is 1. The van der Waals surface area contributed by atoms with E-state index in [0.29, 0.717) is 6.54 Å². The van der Waals surface area contributed by atoms with Crippen molar-refractivity contribution in [1.82, 2.24) is 9.88 Å². The Morgan fingerprint density at radius 2 is 2.12 bits per heavy atom. The van der Waals surface area contributed by atoms with E-state index in [9.17, 15) is 4.79 Å². The molecule has 1 aromatic carbocycles. The molecule has 5 nitrogen and oxygen atoms in total. The monoisotopic (exact) mass is 341 g/mol. The van der Waals surface area contributed by atoms with E-state index in [1.165, 1.54) is 10.9 Å². The summed E-state index contributed by atoms with van der Waals surface area (Å²) in [5, 5.41) is 5.88. The van der Waals surface area contributed by atoms with Crippen molar-refractivity contribution < 1.29 is 9.53 Å². The molecule has 0 saturated carbocycles. The van der Waals surface area contributed by atoms with Crippen molar-refractivity contribution in [2.75, 3.05) is 18.4 Å². The van der Waals surface area contributed by atoms with Crippen LogP contribution in [0.1, 0.15) is 39.2 Å². The molecule has 1 aromatic heterocycles. The van der Waals surface area contributed by atoms with Crippen LogP contribution in [-0.2, 0) is 4.74 Å². The summed E-state index contributed by atoms with van der Waals surface area (Å²) in [4.78, 5) is 18.7. The molecule has 1 amide bonds. The Hall–Kier alpha value is -2.30. The number of ether oxygens (including phenoxy) is 1. The molecule has 0 spiro atoms. The Kier molecular flexibility index (Phi) is 4.84. The molecule has 0 aliphatic carbocycles. The smallest absolute Gasteiger partial charge is 0.410 e. The number of hydrogen-bond acceptors (Lipinski definition) is 4. The average Bonchev–Trinajstić information content (AvgIpc) is 2.54. The number of amides is 1. The van der Waals surface area contributed by atoms with Crippen LogP contribution in [0.15, 0.2) is 30.5 Å². The molecule has 1 aliphatic heterocycles. The second-order valence-electron chi connectivity index (χ2n) is 7.74. The van der Waals surface area contributed by atoms with Crippen LogP contribution in [0.3, 0.4) is 0 Å². The van der Waals surface area contributed by atoms with E-state index in [1.54, 1.807) is 4.90 Å². The summed E-state index contributed by atoms with van der Waals surface area (Å²) < 4.78 is 5.51. The van der Waals surface area contributed by atoms with Crippen molar-refractivity contribution in [2.45, 2.75) is 52.2 Å². The van der Waals surface area contributed by atoms with E-state index >= 15 is 0 Å². The molecule has 1 fully saturated rings. The van der Waals surface area contributed by atoms with E-state index < -0.39 is 5.60 Å². The summed E-state index contributed by atoms with van der Waals surface area (Å²) in [6.45, 7) is 9.17. The van der Waals surface area contributed by atoms with Gasteiger partial charge in [-0.1, -0.05) is 18.2 Å². The summed E-state index contributed by atoms with van der Waals surface area (Å²) in [7, 11) is 0. The maximum Gasteiger partial charge on any atom is 0.410 e. The number of hydrogen-bond donors (Lipinski definition) is 1. The molecule has 25 heavy (non-hydrogen) atoms. The van der Waals surface area contributed by atoms with Gasteiger partial charge in [-0.25, -0.2) is 9.78 Å². The van der Waals surface area contributed by atoms with Crippen molar-refractivity contribution in [3.05, 3.63) is 36.0 Å². The molecular weight excluding hydrogens is 314 g/mol. The van der Waals surface area contributed by atoms with Gasteiger partial charge in [-0.15, -0.1) is 0 Å². The quantitative estimate of drug-likeness (QED) is 0.882. The predicted molar refractivity (Wildman–Crippen MR) is 101 cm³/mol. The molecule has 3 rings (SSSR count). The summed E-state index contributed by atoms with van der Waals surface area (Å²) in [5.74, 6) is 0.895. The number of rotatable bonds is 2. The van der Waals surface area contributed by atoms with E-state index in [1.807, 2.05) is 33.0 Å². The zero-order valence-electron chi connectivity index (χ0n) is 15.5. The summed E-state index contributed by atoms with van der Waals surface area (Å²) in [6, 6.07) is 8.47. The number of carbonyl (C=O) groups excluding carboxylic acids is 1. The van der Waals surface area contributed by atoms with Gasteiger partial charge in [0.2, 0.25) is 0 Å². The van der Waals surface area contributed by atoms with Gasteiger partial charge in [0.25, 0.3) is 0 Å². The van der Waals surface area contributed by atoms with Gasteiger partial charge in [0.1, 0.15) is 11.4 Å². The van der Waals surface area contributed by atoms with Crippen LogP contribution in [0.5, 0.6) is 0 Å². The summed E-state index contributed by atoms with van der Waals surface area (Å²) >= 11 is 0. The standard InChI is InChI=1S/C20H27N3O2/c1-14-7-5-8-15-10-11-21-18(17(14)15)22-16-9-6-12-23(13-16)19(24)25-20(2,3)4/h5,7-8,10-11,16H,6,9,12-13H2,1-4H3,(H,21,22). The number of aryl methyl sites for hydroxylation is 1. The Morgan fingerprint density at radius 1 is 1.32 bits per heavy atom. The maximum absolute atomic E-state index is 12.3. The van der Waals surface area contributed by atoms with Crippen LogP contribution in [0.2, 0.25) is 0 Å². The number of pyridine rings is 1. The first kappa shape index (κ1) is 17.5. The minimum absolute atomic E-state index is 0.180. The van der Waals surface area contributed by atoms with Gasteiger partial charge in [0.15, 0.2) is 0 Å². The fourth-order valence-corrected chi connectivity index (χ4v) is 3.30. The fourth-order valence-electron chi connectivity index (χ4n) is 3.30. The lowest BCUT2D eigenvalue weighted by Gasteiger charge is -2.34. The van der Waals surface area contributed by atoms with Gasteiger partial charge >= 0.3 is 6.09 Å². The first-order valence-corrected chi connectivity index (χ1v) is 8.92. The van der Waals surface area contributed by atoms with Crippen LogP contribution in [0.4, 0.5) is 10.6 Å². The van der Waals surface area contributed by atoms with Gasteiger partial charge in [-0.3, -0.25) is 0 Å². The first-order chi connectivity index (χ1) is 11.8. The van der Waals surface area contributed by atoms with Crippen molar-refractivity contribution in [3.63, 3.8) is 0 Å². The van der Waals surface area contributed by atoms with Crippen molar-refractivity contribution in [3.8, 4) is 0 Å². The van der Waals surface area contributed by atoms with Crippen LogP contribution in [0.25, 0.3) is 10.8 Å². The lowest BCUT2D eigenvalue weighted by Crippen LogP contribution is -2.47. The highest BCUT2D eigenvalue weighted by Crippen LogP contribution is 2.26. The van der Waals surface area contributed by atoms with Crippen molar-refractivity contribution in [2.24, 2.45) is 0 Å². The van der Waals surface area contributed by atoms with Crippen molar-refractivity contribution >= 4 is 22.7 Å². The number of likely N-dealkylation sites (tertiary alicyclic amines) is 1. The average molecular weight is 341 g/mol. The number of nitrogens with zero attached hydrogens (tertiary/aromatic N) is 2. The second kappa shape index (κ2) is 6.90. The maximum atomic E-state index is 12.3. The van der Waals surface area contributed by atoms with Crippen LogP contribution >= 0.6 is 0 Å². The Balaban J connectivity index is 1.74. The SMILES string of the molecule is Cc1cccc2ccnc(NC3CCCN(C(=O)OC(C)(C)C)C3)c12. The van der Waals surface area contributed by atoms with E-state index in [2.05, 4.69) is 35.4 Å². The number of carbonyl (C=O) groups is 1. The first-order valence-electron chi connectivity index (χ1n) is 8.92. The van der Waals surface area contributed by atoms with Crippen LogP contribution in [0, 0.1) is 6.92 Å². The predicted octanol–water partition coefficient (Wildman–Crippen LogP) is 4.35. The molecule has 2 heterocycles. The molecular formula is C20H27N3O2.